The van der Waals surface area contributed by atoms with E-state index >= 15 is 0 Å². The number of benzene rings is 1. The van der Waals surface area contributed by atoms with Gasteiger partial charge >= 0.3 is 5.97 Å². The molecule has 1 N–H and O–H groups in total. The Bertz CT molecular complexity index is 477. The van der Waals surface area contributed by atoms with Crippen LogP contribution in [0.1, 0.15) is 19.4 Å². The number of esters is 1. The minimum Gasteiger partial charge on any atom is -0.464 e. The lowest BCUT2D eigenvalue weighted by molar-refractivity contribution is -0.146. The minimum atomic E-state index is -0.671. The molecule has 0 aliphatic rings. The first-order valence-electron chi connectivity index (χ1n) is 5.84. The highest BCUT2D eigenvalue weighted by Gasteiger charge is 2.16. The number of hydrogen-bond acceptors (Lipinski definition) is 3. The van der Waals surface area contributed by atoms with Crippen LogP contribution in [-0.4, -0.2) is 24.5 Å². The Hall–Kier alpha value is -1.26. The van der Waals surface area contributed by atoms with Crippen molar-refractivity contribution in [3.05, 3.63) is 33.8 Å². The van der Waals surface area contributed by atoms with Crippen molar-refractivity contribution in [2.75, 3.05) is 6.61 Å². The van der Waals surface area contributed by atoms with E-state index in [1.54, 1.807) is 32.0 Å². The number of ether oxygens (including phenoxy) is 1. The molecule has 1 amide bonds. The monoisotopic (exact) mass is 303 g/mol. The summed E-state index contributed by atoms with van der Waals surface area (Å²) in [6, 6.07) is 4.29. The maximum Gasteiger partial charge on any atom is 0.328 e. The Morgan fingerprint density at radius 1 is 1.32 bits per heavy atom. The van der Waals surface area contributed by atoms with Crippen LogP contribution in [-0.2, 0) is 20.7 Å². The van der Waals surface area contributed by atoms with Crippen LogP contribution >= 0.6 is 23.2 Å². The first kappa shape index (κ1) is 15.8. The number of amides is 1. The van der Waals surface area contributed by atoms with Crippen molar-refractivity contribution in [2.45, 2.75) is 26.3 Å². The first-order valence-corrected chi connectivity index (χ1v) is 6.59. The van der Waals surface area contributed by atoms with E-state index in [0.717, 1.165) is 5.56 Å². The Morgan fingerprint density at radius 3 is 2.58 bits per heavy atom. The first-order chi connectivity index (χ1) is 8.93. The Balaban J connectivity index is 2.55. The summed E-state index contributed by atoms with van der Waals surface area (Å²) in [6.45, 7) is 3.57. The van der Waals surface area contributed by atoms with Crippen LogP contribution < -0.4 is 5.32 Å². The Labute approximate surface area is 122 Å². The van der Waals surface area contributed by atoms with Crippen molar-refractivity contribution in [2.24, 2.45) is 0 Å². The second-order valence-corrected chi connectivity index (χ2v) is 4.78. The molecule has 0 radical (unpaired) electrons. The molecular weight excluding hydrogens is 289 g/mol. The van der Waals surface area contributed by atoms with Gasteiger partial charge in [0.05, 0.1) is 23.1 Å². The highest BCUT2D eigenvalue weighted by atomic mass is 35.5. The molecule has 1 atom stereocenters. The molecule has 19 heavy (non-hydrogen) atoms. The third kappa shape index (κ3) is 5.09. The van der Waals surface area contributed by atoms with Crippen LogP contribution in [0, 0.1) is 0 Å². The summed E-state index contributed by atoms with van der Waals surface area (Å²) >= 11 is 11.6. The van der Waals surface area contributed by atoms with Gasteiger partial charge < -0.3 is 10.1 Å². The number of carbonyl (C=O) groups is 2. The highest BCUT2D eigenvalue weighted by Crippen LogP contribution is 2.22. The fourth-order valence-corrected chi connectivity index (χ4v) is 1.77. The fourth-order valence-electron chi connectivity index (χ4n) is 1.45. The lowest BCUT2D eigenvalue weighted by Crippen LogP contribution is -2.40. The van der Waals surface area contributed by atoms with Crippen LogP contribution in [0.4, 0.5) is 0 Å². The van der Waals surface area contributed by atoms with Crippen molar-refractivity contribution in [1.82, 2.24) is 5.32 Å². The van der Waals surface area contributed by atoms with Crippen LogP contribution in [0.3, 0.4) is 0 Å². The lowest BCUT2D eigenvalue weighted by atomic mass is 10.1. The molecule has 6 heteroatoms. The zero-order chi connectivity index (χ0) is 14.4. The van der Waals surface area contributed by atoms with Gasteiger partial charge in [-0.3, -0.25) is 4.79 Å². The molecule has 1 rings (SSSR count). The quantitative estimate of drug-likeness (QED) is 0.851. The molecule has 4 nitrogen and oxygen atoms in total. The number of carbonyl (C=O) groups excluding carboxylic acids is 2. The fraction of sp³-hybridized carbons (Fsp3) is 0.385. The average molecular weight is 304 g/mol. The summed E-state index contributed by atoms with van der Waals surface area (Å²) in [6.07, 6.45) is 0.126. The standard InChI is InChI=1S/C13H15Cl2NO3/c1-3-19-13(18)8(2)16-12(17)7-9-4-5-10(14)11(15)6-9/h4-6,8H,3,7H2,1-2H3,(H,16,17). The van der Waals surface area contributed by atoms with Gasteiger partial charge in [-0.1, -0.05) is 29.3 Å². The van der Waals surface area contributed by atoms with Gasteiger partial charge in [-0.15, -0.1) is 0 Å². The van der Waals surface area contributed by atoms with Crippen molar-refractivity contribution < 1.29 is 14.3 Å². The number of halogens is 2. The van der Waals surface area contributed by atoms with E-state index < -0.39 is 12.0 Å². The molecule has 0 spiro atoms. The molecular formula is C13H15Cl2NO3. The van der Waals surface area contributed by atoms with Crippen molar-refractivity contribution in [1.29, 1.82) is 0 Å². The highest BCUT2D eigenvalue weighted by molar-refractivity contribution is 6.42. The maximum atomic E-state index is 11.7. The van der Waals surface area contributed by atoms with E-state index in [4.69, 9.17) is 27.9 Å². The van der Waals surface area contributed by atoms with Crippen LogP contribution in [0.2, 0.25) is 10.0 Å². The summed E-state index contributed by atoms with van der Waals surface area (Å²) < 4.78 is 4.80. The van der Waals surface area contributed by atoms with E-state index in [0.29, 0.717) is 10.0 Å². The normalized spacial score (nSPS) is 11.8. The lowest BCUT2D eigenvalue weighted by Gasteiger charge is -2.12. The van der Waals surface area contributed by atoms with E-state index in [1.807, 2.05) is 0 Å². The van der Waals surface area contributed by atoms with Crippen molar-refractivity contribution >= 4 is 35.1 Å². The molecule has 1 aromatic rings. The smallest absolute Gasteiger partial charge is 0.328 e. The topological polar surface area (TPSA) is 55.4 Å². The van der Waals surface area contributed by atoms with Gasteiger partial charge in [0.25, 0.3) is 0 Å². The zero-order valence-corrected chi connectivity index (χ0v) is 12.2. The maximum absolute atomic E-state index is 11.7. The van der Waals surface area contributed by atoms with Gasteiger partial charge in [-0.05, 0) is 31.5 Å². The summed E-state index contributed by atoms with van der Waals surface area (Å²) in [5.41, 5.74) is 0.725. The predicted octanol–water partition coefficient (Wildman–Crippen LogP) is 2.60. The minimum absolute atomic E-state index is 0.126. The van der Waals surface area contributed by atoms with E-state index in [2.05, 4.69) is 5.32 Å². The van der Waals surface area contributed by atoms with Crippen LogP contribution in [0.25, 0.3) is 0 Å². The second kappa shape index (κ2) is 7.36. The molecule has 0 fully saturated rings. The number of nitrogens with one attached hydrogen (secondary N) is 1. The summed E-state index contributed by atoms with van der Waals surface area (Å²) in [5.74, 6) is -0.732. The molecule has 0 aliphatic heterocycles. The van der Waals surface area contributed by atoms with E-state index in [-0.39, 0.29) is 18.9 Å². The van der Waals surface area contributed by atoms with Gasteiger partial charge in [0.15, 0.2) is 0 Å². The predicted molar refractivity (Wildman–Crippen MR) is 74.4 cm³/mol. The van der Waals surface area contributed by atoms with Crippen LogP contribution in [0.15, 0.2) is 18.2 Å². The van der Waals surface area contributed by atoms with Gasteiger partial charge in [-0.2, -0.15) is 0 Å². The molecule has 1 aromatic carbocycles. The number of rotatable bonds is 5. The van der Waals surface area contributed by atoms with Gasteiger partial charge in [0.2, 0.25) is 5.91 Å². The third-order valence-corrected chi connectivity index (χ3v) is 3.11. The SMILES string of the molecule is CCOC(=O)C(C)NC(=O)Cc1ccc(Cl)c(Cl)c1. The molecule has 0 saturated heterocycles. The van der Waals surface area contributed by atoms with Gasteiger partial charge in [0, 0.05) is 0 Å². The van der Waals surface area contributed by atoms with Crippen molar-refractivity contribution in [3.63, 3.8) is 0 Å². The molecule has 0 aliphatic carbocycles. The number of hydrogen-bond donors (Lipinski definition) is 1. The average Bonchev–Trinajstić information content (AvgIpc) is 2.34. The Morgan fingerprint density at radius 2 is 2.00 bits per heavy atom. The largest absolute Gasteiger partial charge is 0.464 e. The van der Waals surface area contributed by atoms with E-state index in [9.17, 15) is 9.59 Å². The van der Waals surface area contributed by atoms with Gasteiger partial charge in [0.1, 0.15) is 6.04 Å². The molecule has 0 aromatic heterocycles. The van der Waals surface area contributed by atoms with Crippen molar-refractivity contribution in [3.8, 4) is 0 Å². The molecule has 1 unspecified atom stereocenters. The molecule has 0 saturated carbocycles. The van der Waals surface area contributed by atoms with Gasteiger partial charge in [-0.25, -0.2) is 4.79 Å². The molecule has 104 valence electrons. The summed E-state index contributed by atoms with van der Waals surface area (Å²) in [7, 11) is 0. The van der Waals surface area contributed by atoms with E-state index in [1.165, 1.54) is 0 Å². The molecule has 0 heterocycles. The summed E-state index contributed by atoms with van der Waals surface area (Å²) in [4.78, 5) is 23.1. The summed E-state index contributed by atoms with van der Waals surface area (Å²) in [5, 5.41) is 3.39. The third-order valence-electron chi connectivity index (χ3n) is 2.37. The Kier molecular flexibility index (Phi) is 6.12. The molecule has 0 bridgehead atoms. The second-order valence-electron chi connectivity index (χ2n) is 3.97. The zero-order valence-electron chi connectivity index (χ0n) is 10.7. The van der Waals surface area contributed by atoms with Crippen LogP contribution in [0.5, 0.6) is 0 Å².